The molecule has 0 aliphatic heterocycles. The monoisotopic (exact) mass is 590 g/mol. The molecule has 11 nitrogen and oxygen atoms in total. The van der Waals surface area contributed by atoms with Crippen molar-refractivity contribution in [2.24, 2.45) is 0 Å². The van der Waals surface area contributed by atoms with Crippen LogP contribution in [0.4, 0.5) is 0 Å². The summed E-state index contributed by atoms with van der Waals surface area (Å²) in [6.07, 6.45) is 3.54. The van der Waals surface area contributed by atoms with Crippen LogP contribution in [0.1, 0.15) is 25.3 Å². The normalized spacial score (nSPS) is 11.4. The SMILES string of the molecule is CCCCc1ccc(OCCOCCOCCOCCOCCOCCOCCOCCOCCOCCO)cc1. The summed E-state index contributed by atoms with van der Waals surface area (Å²) in [5.74, 6) is 0.874. The zero-order valence-corrected chi connectivity index (χ0v) is 25.1. The van der Waals surface area contributed by atoms with E-state index in [9.17, 15) is 0 Å². The van der Waals surface area contributed by atoms with Crippen LogP contribution >= 0.6 is 0 Å². The summed E-state index contributed by atoms with van der Waals surface area (Å²) in [4.78, 5) is 0. The lowest BCUT2D eigenvalue weighted by Crippen LogP contribution is -2.15. The summed E-state index contributed by atoms with van der Waals surface area (Å²) >= 11 is 0. The molecule has 0 aliphatic rings. The predicted octanol–water partition coefficient (Wildman–Crippen LogP) is 2.55. The van der Waals surface area contributed by atoms with Crippen LogP contribution in [0.3, 0.4) is 0 Å². The Morgan fingerprint density at radius 3 is 1.07 bits per heavy atom. The van der Waals surface area contributed by atoms with E-state index in [2.05, 4.69) is 19.1 Å². The number of ether oxygens (including phenoxy) is 10. The number of rotatable bonds is 33. The fraction of sp³-hybridized carbons (Fsp3) is 0.800. The molecule has 0 bridgehead atoms. The number of aliphatic hydroxyl groups excluding tert-OH is 1. The van der Waals surface area contributed by atoms with Crippen LogP contribution in [0.2, 0.25) is 0 Å². The van der Waals surface area contributed by atoms with Crippen molar-refractivity contribution in [2.45, 2.75) is 26.2 Å². The van der Waals surface area contributed by atoms with Crippen LogP contribution in [0.5, 0.6) is 5.75 Å². The molecule has 1 rings (SSSR count). The zero-order chi connectivity index (χ0) is 29.3. The summed E-state index contributed by atoms with van der Waals surface area (Å²) in [5.41, 5.74) is 1.35. The molecule has 11 heteroatoms. The number of benzene rings is 1. The maximum absolute atomic E-state index is 8.57. The van der Waals surface area contributed by atoms with Crippen molar-refractivity contribution >= 4 is 0 Å². The molecule has 1 aromatic rings. The van der Waals surface area contributed by atoms with Gasteiger partial charge in [0, 0.05) is 0 Å². The van der Waals surface area contributed by atoms with Crippen molar-refractivity contribution in [3.63, 3.8) is 0 Å². The lowest BCUT2D eigenvalue weighted by Gasteiger charge is -2.09. The second-order valence-electron chi connectivity index (χ2n) is 8.83. The highest BCUT2D eigenvalue weighted by Gasteiger charge is 1.98. The Hall–Kier alpha value is -1.38. The summed E-state index contributed by atoms with van der Waals surface area (Å²) < 4.78 is 54.4. The quantitative estimate of drug-likeness (QED) is 0.122. The number of unbranched alkanes of at least 4 members (excludes halogenated alkanes) is 1. The number of hydrogen-bond acceptors (Lipinski definition) is 11. The third-order valence-electron chi connectivity index (χ3n) is 5.45. The van der Waals surface area contributed by atoms with Crippen molar-refractivity contribution in [2.75, 3.05) is 132 Å². The molecule has 0 aromatic heterocycles. The van der Waals surface area contributed by atoms with E-state index in [1.807, 2.05) is 12.1 Å². The average Bonchev–Trinajstić information content (AvgIpc) is 3.00. The van der Waals surface area contributed by atoms with E-state index in [1.54, 1.807) is 0 Å². The first-order chi connectivity index (χ1) is 20.4. The molecule has 1 aromatic carbocycles. The fourth-order valence-corrected chi connectivity index (χ4v) is 3.28. The van der Waals surface area contributed by atoms with Crippen LogP contribution in [0.15, 0.2) is 24.3 Å². The highest BCUT2D eigenvalue weighted by atomic mass is 16.6. The largest absolute Gasteiger partial charge is 0.491 e. The minimum atomic E-state index is 0.0280. The molecule has 1 N–H and O–H groups in total. The molecule has 0 spiro atoms. The first-order valence-corrected chi connectivity index (χ1v) is 14.9. The standard InChI is InChI=1S/C30H54O11/c1-2-3-4-29-5-7-30(8-6-29)41-28-27-40-26-25-39-24-23-38-22-21-37-20-19-36-18-17-35-16-15-34-14-13-33-12-11-32-10-9-31/h5-8,31H,2-4,9-28H2,1H3. The maximum atomic E-state index is 8.57. The molecule has 0 saturated carbocycles. The zero-order valence-electron chi connectivity index (χ0n) is 25.1. The van der Waals surface area contributed by atoms with Gasteiger partial charge in [-0.05, 0) is 30.5 Å². The van der Waals surface area contributed by atoms with E-state index in [0.29, 0.717) is 126 Å². The molecule has 0 heterocycles. The van der Waals surface area contributed by atoms with Gasteiger partial charge in [-0.1, -0.05) is 25.5 Å². The number of hydrogen-bond donors (Lipinski definition) is 1. The van der Waals surface area contributed by atoms with Gasteiger partial charge in [0.25, 0.3) is 0 Å². The average molecular weight is 591 g/mol. The molecule has 0 aliphatic carbocycles. The van der Waals surface area contributed by atoms with Crippen LogP contribution in [-0.4, -0.2) is 137 Å². The van der Waals surface area contributed by atoms with Gasteiger partial charge in [-0.3, -0.25) is 0 Å². The summed E-state index contributed by atoms with van der Waals surface area (Å²) in [6.45, 7) is 11.8. The van der Waals surface area contributed by atoms with Crippen molar-refractivity contribution < 1.29 is 52.5 Å². The summed E-state index contributed by atoms with van der Waals surface area (Å²) in [7, 11) is 0. The van der Waals surface area contributed by atoms with Crippen molar-refractivity contribution in [1.82, 2.24) is 0 Å². The lowest BCUT2D eigenvalue weighted by atomic mass is 10.1. The molecule has 240 valence electrons. The van der Waals surface area contributed by atoms with Crippen molar-refractivity contribution in [3.8, 4) is 5.75 Å². The summed E-state index contributed by atoms with van der Waals surface area (Å²) in [6, 6.07) is 8.29. The number of aliphatic hydroxyl groups is 1. The van der Waals surface area contributed by atoms with E-state index >= 15 is 0 Å². The van der Waals surface area contributed by atoms with Gasteiger partial charge in [0.2, 0.25) is 0 Å². The van der Waals surface area contributed by atoms with E-state index in [4.69, 9.17) is 52.5 Å². The second kappa shape index (κ2) is 31.6. The van der Waals surface area contributed by atoms with Gasteiger partial charge in [0.1, 0.15) is 12.4 Å². The van der Waals surface area contributed by atoms with Crippen LogP contribution < -0.4 is 4.74 Å². The molecule has 0 radical (unpaired) electrons. The van der Waals surface area contributed by atoms with Crippen LogP contribution in [-0.2, 0) is 49.1 Å². The van der Waals surface area contributed by atoms with Crippen LogP contribution in [0, 0.1) is 0 Å². The minimum Gasteiger partial charge on any atom is -0.491 e. The maximum Gasteiger partial charge on any atom is 0.119 e. The van der Waals surface area contributed by atoms with Gasteiger partial charge in [-0.25, -0.2) is 0 Å². The lowest BCUT2D eigenvalue weighted by molar-refractivity contribution is -0.0258. The van der Waals surface area contributed by atoms with E-state index in [-0.39, 0.29) is 6.61 Å². The third-order valence-corrected chi connectivity index (χ3v) is 5.45. The highest BCUT2D eigenvalue weighted by molar-refractivity contribution is 5.27. The molecule has 0 saturated heterocycles. The summed E-state index contributed by atoms with van der Waals surface area (Å²) in [5, 5.41) is 8.57. The Kier molecular flexibility index (Phi) is 29.0. The van der Waals surface area contributed by atoms with Crippen LogP contribution in [0.25, 0.3) is 0 Å². The predicted molar refractivity (Wildman–Crippen MR) is 155 cm³/mol. The van der Waals surface area contributed by atoms with E-state index in [0.717, 1.165) is 12.2 Å². The van der Waals surface area contributed by atoms with Gasteiger partial charge >= 0.3 is 0 Å². The van der Waals surface area contributed by atoms with Gasteiger partial charge in [-0.15, -0.1) is 0 Å². The first kappa shape index (κ1) is 37.6. The number of aryl methyl sites for hydroxylation is 1. The van der Waals surface area contributed by atoms with Gasteiger partial charge in [0.15, 0.2) is 0 Å². The Labute approximate surface area is 246 Å². The molecule has 0 fully saturated rings. The Balaban J connectivity index is 1.68. The topological polar surface area (TPSA) is 113 Å². The van der Waals surface area contributed by atoms with Crippen molar-refractivity contribution in [3.05, 3.63) is 29.8 Å². The fourth-order valence-electron chi connectivity index (χ4n) is 3.28. The molecule has 41 heavy (non-hydrogen) atoms. The molecule has 0 unspecified atom stereocenters. The van der Waals surface area contributed by atoms with Gasteiger partial charge in [-0.2, -0.15) is 0 Å². The second-order valence-corrected chi connectivity index (χ2v) is 8.83. The Bertz CT molecular complexity index is 633. The van der Waals surface area contributed by atoms with Crippen molar-refractivity contribution in [1.29, 1.82) is 0 Å². The third kappa shape index (κ3) is 27.2. The molecular formula is C30H54O11. The highest BCUT2D eigenvalue weighted by Crippen LogP contribution is 2.13. The van der Waals surface area contributed by atoms with E-state index in [1.165, 1.54) is 18.4 Å². The first-order valence-electron chi connectivity index (χ1n) is 14.9. The minimum absolute atomic E-state index is 0.0280. The van der Waals surface area contributed by atoms with Gasteiger partial charge < -0.3 is 52.5 Å². The van der Waals surface area contributed by atoms with E-state index < -0.39 is 0 Å². The molecule has 0 amide bonds. The Morgan fingerprint density at radius 1 is 0.439 bits per heavy atom. The molecule has 0 atom stereocenters. The Morgan fingerprint density at radius 2 is 0.756 bits per heavy atom. The molecular weight excluding hydrogens is 536 g/mol. The van der Waals surface area contributed by atoms with Gasteiger partial charge in [0.05, 0.1) is 126 Å². The smallest absolute Gasteiger partial charge is 0.119 e.